The van der Waals surface area contributed by atoms with Gasteiger partial charge in [0.05, 0.1) is 0 Å². The minimum atomic E-state index is -1.11. The Kier molecular flexibility index (Phi) is 4.40. The molecular formula is C10H15ClSi. The zero-order chi connectivity index (χ0) is 8.81. The lowest BCUT2D eigenvalue weighted by Gasteiger charge is -2.05. The van der Waals surface area contributed by atoms with Gasteiger partial charge in [-0.05, 0) is 11.2 Å². The SMILES string of the molecule is CCCC[SiH](Cl)c1ccccc1. The summed E-state index contributed by atoms with van der Waals surface area (Å²) in [6, 6.07) is 11.7. The molecule has 0 saturated heterocycles. The topological polar surface area (TPSA) is 0 Å². The van der Waals surface area contributed by atoms with Gasteiger partial charge in [0.2, 0.25) is 0 Å². The van der Waals surface area contributed by atoms with Crippen molar-refractivity contribution in [3.63, 3.8) is 0 Å². The van der Waals surface area contributed by atoms with E-state index in [1.165, 1.54) is 24.1 Å². The van der Waals surface area contributed by atoms with Gasteiger partial charge >= 0.3 is 0 Å². The third-order valence-electron chi connectivity index (χ3n) is 1.97. The molecule has 0 heterocycles. The molecule has 0 aromatic heterocycles. The van der Waals surface area contributed by atoms with Crippen molar-refractivity contribution in [2.24, 2.45) is 0 Å². The summed E-state index contributed by atoms with van der Waals surface area (Å²) in [4.78, 5) is 0. The van der Waals surface area contributed by atoms with Crippen LogP contribution in [0, 0.1) is 0 Å². The first-order valence-electron chi connectivity index (χ1n) is 4.53. The van der Waals surface area contributed by atoms with Crippen molar-refractivity contribution in [1.29, 1.82) is 0 Å². The summed E-state index contributed by atoms with van der Waals surface area (Å²) in [5.41, 5.74) is 0. The molecule has 1 atom stereocenters. The molecule has 1 aromatic rings. The fourth-order valence-corrected chi connectivity index (χ4v) is 3.85. The van der Waals surface area contributed by atoms with Crippen molar-refractivity contribution in [3.05, 3.63) is 30.3 Å². The maximum Gasteiger partial charge on any atom is 0.171 e. The van der Waals surface area contributed by atoms with Crippen LogP contribution < -0.4 is 5.19 Å². The van der Waals surface area contributed by atoms with Gasteiger partial charge in [-0.3, -0.25) is 0 Å². The molecule has 2 heteroatoms. The van der Waals surface area contributed by atoms with Gasteiger partial charge in [-0.15, -0.1) is 0 Å². The lowest BCUT2D eigenvalue weighted by molar-refractivity contribution is 0.879. The van der Waals surface area contributed by atoms with E-state index in [9.17, 15) is 0 Å². The Balaban J connectivity index is 2.48. The molecule has 1 unspecified atom stereocenters. The zero-order valence-electron chi connectivity index (χ0n) is 7.46. The predicted molar refractivity (Wildman–Crippen MR) is 58.8 cm³/mol. The van der Waals surface area contributed by atoms with Crippen LogP contribution in [0.2, 0.25) is 6.04 Å². The Labute approximate surface area is 80.9 Å². The highest BCUT2D eigenvalue weighted by Gasteiger charge is 2.07. The number of hydrogen-bond donors (Lipinski definition) is 0. The summed E-state index contributed by atoms with van der Waals surface area (Å²) in [6.45, 7) is 2.21. The van der Waals surface area contributed by atoms with E-state index in [-0.39, 0.29) is 0 Å². The zero-order valence-corrected chi connectivity index (χ0v) is 9.37. The van der Waals surface area contributed by atoms with E-state index in [0.29, 0.717) is 0 Å². The molecule has 0 nitrogen and oxygen atoms in total. The maximum atomic E-state index is 6.32. The third kappa shape index (κ3) is 3.00. The molecule has 0 aliphatic heterocycles. The maximum absolute atomic E-state index is 6.32. The molecule has 0 amide bonds. The highest BCUT2D eigenvalue weighted by atomic mass is 35.6. The summed E-state index contributed by atoms with van der Waals surface area (Å²) < 4.78 is 0. The van der Waals surface area contributed by atoms with Gasteiger partial charge in [-0.2, -0.15) is 11.1 Å². The van der Waals surface area contributed by atoms with Crippen LogP contribution in [0.4, 0.5) is 0 Å². The van der Waals surface area contributed by atoms with Gasteiger partial charge in [-0.1, -0.05) is 50.1 Å². The second-order valence-corrected chi connectivity index (χ2v) is 6.78. The molecule has 0 aliphatic rings. The summed E-state index contributed by atoms with van der Waals surface area (Å²) in [5, 5.41) is 1.38. The molecule has 0 fully saturated rings. The number of halogens is 1. The van der Waals surface area contributed by atoms with Gasteiger partial charge in [0.1, 0.15) is 0 Å². The van der Waals surface area contributed by atoms with Crippen LogP contribution >= 0.6 is 11.1 Å². The molecule has 0 spiro atoms. The number of rotatable bonds is 4. The first-order chi connectivity index (χ1) is 5.84. The van der Waals surface area contributed by atoms with Crippen molar-refractivity contribution in [1.82, 2.24) is 0 Å². The lowest BCUT2D eigenvalue weighted by Crippen LogP contribution is -2.23. The number of unbranched alkanes of at least 4 members (excludes halogenated alkanes) is 1. The molecule has 0 saturated carbocycles. The first-order valence-corrected chi connectivity index (χ1v) is 7.67. The highest BCUT2D eigenvalue weighted by Crippen LogP contribution is 2.04. The van der Waals surface area contributed by atoms with Crippen molar-refractivity contribution in [2.75, 3.05) is 0 Å². The summed E-state index contributed by atoms with van der Waals surface area (Å²) in [7, 11) is -1.11. The molecule has 12 heavy (non-hydrogen) atoms. The fraction of sp³-hybridized carbons (Fsp3) is 0.400. The standard InChI is InChI=1S/C10H15ClSi/c1-2-3-9-12(11)10-7-5-4-6-8-10/h4-8,12H,2-3,9H2,1H3. The predicted octanol–water partition coefficient (Wildman–Crippen LogP) is 2.66. The van der Waals surface area contributed by atoms with E-state index in [4.69, 9.17) is 11.1 Å². The van der Waals surface area contributed by atoms with E-state index >= 15 is 0 Å². The van der Waals surface area contributed by atoms with Crippen molar-refractivity contribution >= 4 is 24.4 Å². The molecular weight excluding hydrogens is 184 g/mol. The molecule has 0 radical (unpaired) electrons. The van der Waals surface area contributed by atoms with E-state index in [1.54, 1.807) is 0 Å². The molecule has 1 aromatic carbocycles. The van der Waals surface area contributed by atoms with Crippen LogP contribution in [0.1, 0.15) is 19.8 Å². The van der Waals surface area contributed by atoms with Gasteiger partial charge in [0, 0.05) is 0 Å². The first kappa shape index (κ1) is 9.81. The van der Waals surface area contributed by atoms with Crippen molar-refractivity contribution in [2.45, 2.75) is 25.8 Å². The monoisotopic (exact) mass is 198 g/mol. The van der Waals surface area contributed by atoms with Crippen LogP contribution in [0.5, 0.6) is 0 Å². The van der Waals surface area contributed by atoms with E-state index in [1.807, 2.05) is 6.07 Å². The Morgan fingerprint density at radius 3 is 2.50 bits per heavy atom. The minimum Gasteiger partial charge on any atom is -0.166 e. The second-order valence-electron chi connectivity index (χ2n) is 3.02. The summed E-state index contributed by atoms with van der Waals surface area (Å²) >= 11 is 6.32. The van der Waals surface area contributed by atoms with Crippen LogP contribution in [0.3, 0.4) is 0 Å². The lowest BCUT2D eigenvalue weighted by atomic mass is 10.4. The van der Waals surface area contributed by atoms with E-state index in [0.717, 1.165) is 0 Å². The second kappa shape index (κ2) is 5.39. The van der Waals surface area contributed by atoms with Gasteiger partial charge < -0.3 is 0 Å². The Hall–Kier alpha value is -0.273. The van der Waals surface area contributed by atoms with Gasteiger partial charge in [0.25, 0.3) is 0 Å². The number of hydrogen-bond acceptors (Lipinski definition) is 0. The fourth-order valence-electron chi connectivity index (χ4n) is 1.21. The summed E-state index contributed by atoms with van der Waals surface area (Å²) in [5.74, 6) is 0. The molecule has 66 valence electrons. The van der Waals surface area contributed by atoms with Crippen LogP contribution in [0.15, 0.2) is 30.3 Å². The van der Waals surface area contributed by atoms with E-state index in [2.05, 4.69) is 31.2 Å². The smallest absolute Gasteiger partial charge is 0.166 e. The normalized spacial score (nSPS) is 12.8. The van der Waals surface area contributed by atoms with Crippen LogP contribution in [-0.4, -0.2) is 8.11 Å². The minimum absolute atomic E-state index is 1.11. The van der Waals surface area contributed by atoms with Gasteiger partial charge in [-0.25, -0.2) is 0 Å². The van der Waals surface area contributed by atoms with Crippen molar-refractivity contribution in [3.8, 4) is 0 Å². The molecule has 0 aliphatic carbocycles. The Morgan fingerprint density at radius 1 is 1.25 bits per heavy atom. The largest absolute Gasteiger partial charge is 0.171 e. The van der Waals surface area contributed by atoms with Gasteiger partial charge in [0.15, 0.2) is 8.11 Å². The molecule has 0 N–H and O–H groups in total. The van der Waals surface area contributed by atoms with Crippen LogP contribution in [-0.2, 0) is 0 Å². The highest BCUT2D eigenvalue weighted by molar-refractivity contribution is 7.14. The average Bonchev–Trinajstić information content (AvgIpc) is 2.15. The third-order valence-corrected chi connectivity index (χ3v) is 5.41. The number of benzene rings is 1. The molecule has 1 rings (SSSR count). The Morgan fingerprint density at radius 2 is 1.92 bits per heavy atom. The van der Waals surface area contributed by atoms with Crippen molar-refractivity contribution < 1.29 is 0 Å². The molecule has 0 bridgehead atoms. The quantitative estimate of drug-likeness (QED) is 0.516. The van der Waals surface area contributed by atoms with Crippen LogP contribution in [0.25, 0.3) is 0 Å². The Bertz CT molecular complexity index is 210. The van der Waals surface area contributed by atoms with E-state index < -0.39 is 8.11 Å². The average molecular weight is 199 g/mol. The summed E-state index contributed by atoms with van der Waals surface area (Å²) in [6.07, 6.45) is 2.53.